The topological polar surface area (TPSA) is 9.23 Å². The standard InChI is InChI=1S/C24H34ClF3O/c1-2-3-16-4-9-18(10-5-16)19-11-6-17(7-12-19)8-13-20-14-15-21(25)22(26)23(20)29-24(27)28/h14-19,24H,2-13H2,1H3. The summed E-state index contributed by atoms with van der Waals surface area (Å²) in [5.74, 6) is 2.04. The van der Waals surface area contributed by atoms with Crippen LogP contribution in [0, 0.1) is 29.5 Å². The number of ether oxygens (including phenoxy) is 1. The van der Waals surface area contributed by atoms with Gasteiger partial charge in [0.15, 0.2) is 11.6 Å². The molecule has 0 atom stereocenters. The van der Waals surface area contributed by atoms with E-state index in [1.54, 1.807) is 6.07 Å². The van der Waals surface area contributed by atoms with Crippen LogP contribution in [0.2, 0.25) is 5.02 Å². The normalized spacial score (nSPS) is 27.9. The minimum Gasteiger partial charge on any atom is -0.431 e. The van der Waals surface area contributed by atoms with Gasteiger partial charge in [-0.1, -0.05) is 63.1 Å². The summed E-state index contributed by atoms with van der Waals surface area (Å²) in [5, 5.41) is -0.182. The Morgan fingerprint density at radius 1 is 0.931 bits per heavy atom. The molecular weight excluding hydrogens is 397 g/mol. The van der Waals surface area contributed by atoms with E-state index in [-0.39, 0.29) is 10.8 Å². The molecule has 0 heterocycles. The van der Waals surface area contributed by atoms with Crippen molar-refractivity contribution in [2.45, 2.75) is 90.6 Å². The van der Waals surface area contributed by atoms with E-state index in [1.807, 2.05) is 0 Å². The van der Waals surface area contributed by atoms with Gasteiger partial charge in [-0.25, -0.2) is 4.39 Å². The zero-order chi connectivity index (χ0) is 20.8. The van der Waals surface area contributed by atoms with E-state index in [9.17, 15) is 13.2 Å². The first-order valence-corrected chi connectivity index (χ1v) is 11.8. The van der Waals surface area contributed by atoms with Crippen LogP contribution in [0.1, 0.15) is 83.1 Å². The highest BCUT2D eigenvalue weighted by Crippen LogP contribution is 2.43. The maximum absolute atomic E-state index is 14.1. The summed E-state index contributed by atoms with van der Waals surface area (Å²) in [7, 11) is 0. The molecule has 0 N–H and O–H groups in total. The second-order valence-electron chi connectivity index (χ2n) is 9.12. The summed E-state index contributed by atoms with van der Waals surface area (Å²) in [6.07, 6.45) is 14.7. The predicted octanol–water partition coefficient (Wildman–Crippen LogP) is 8.43. The maximum atomic E-state index is 14.1. The maximum Gasteiger partial charge on any atom is 0.387 e. The molecule has 29 heavy (non-hydrogen) atoms. The summed E-state index contributed by atoms with van der Waals surface area (Å²) >= 11 is 5.73. The Morgan fingerprint density at radius 3 is 2.00 bits per heavy atom. The van der Waals surface area contributed by atoms with Crippen molar-refractivity contribution in [3.05, 3.63) is 28.5 Å². The first-order chi connectivity index (χ1) is 14.0. The van der Waals surface area contributed by atoms with Crippen LogP contribution in [-0.4, -0.2) is 6.61 Å². The lowest BCUT2D eigenvalue weighted by atomic mass is 9.68. The van der Waals surface area contributed by atoms with Crippen molar-refractivity contribution in [3.63, 3.8) is 0 Å². The summed E-state index contributed by atoms with van der Waals surface area (Å²) in [6.45, 7) is -0.765. The number of hydrogen-bond donors (Lipinski definition) is 0. The number of hydrogen-bond acceptors (Lipinski definition) is 1. The van der Waals surface area contributed by atoms with Gasteiger partial charge in [-0.2, -0.15) is 8.78 Å². The summed E-state index contributed by atoms with van der Waals surface area (Å²) in [5.41, 5.74) is 0.489. The van der Waals surface area contributed by atoms with Gasteiger partial charge in [-0.05, 0) is 73.8 Å². The van der Waals surface area contributed by atoms with Crippen molar-refractivity contribution in [3.8, 4) is 5.75 Å². The van der Waals surface area contributed by atoms with Gasteiger partial charge in [-0.3, -0.25) is 0 Å². The average Bonchev–Trinajstić information content (AvgIpc) is 2.72. The van der Waals surface area contributed by atoms with E-state index in [0.29, 0.717) is 17.9 Å². The molecule has 1 nitrogen and oxygen atoms in total. The third-order valence-corrected chi connectivity index (χ3v) is 7.60. The fourth-order valence-electron chi connectivity index (χ4n) is 5.65. The van der Waals surface area contributed by atoms with Gasteiger partial charge in [-0.15, -0.1) is 0 Å². The molecule has 2 fully saturated rings. The van der Waals surface area contributed by atoms with Gasteiger partial charge < -0.3 is 4.74 Å². The third kappa shape index (κ3) is 6.29. The molecule has 0 saturated heterocycles. The number of aryl methyl sites for hydroxylation is 1. The lowest BCUT2D eigenvalue weighted by Gasteiger charge is -2.38. The Bertz CT molecular complexity index is 635. The van der Waals surface area contributed by atoms with Crippen LogP contribution >= 0.6 is 11.6 Å². The van der Waals surface area contributed by atoms with Gasteiger partial charge in [0.05, 0.1) is 5.02 Å². The second-order valence-corrected chi connectivity index (χ2v) is 9.52. The highest BCUT2D eigenvalue weighted by molar-refractivity contribution is 6.30. The van der Waals surface area contributed by atoms with E-state index in [0.717, 1.165) is 24.2 Å². The first-order valence-electron chi connectivity index (χ1n) is 11.4. The van der Waals surface area contributed by atoms with Crippen LogP contribution in [0.3, 0.4) is 0 Å². The van der Waals surface area contributed by atoms with E-state index in [4.69, 9.17) is 11.6 Å². The highest BCUT2D eigenvalue weighted by Gasteiger charge is 2.30. The van der Waals surface area contributed by atoms with Crippen molar-refractivity contribution in [1.29, 1.82) is 0 Å². The van der Waals surface area contributed by atoms with Crippen LogP contribution in [0.5, 0.6) is 5.75 Å². The Morgan fingerprint density at radius 2 is 1.48 bits per heavy atom. The zero-order valence-electron chi connectivity index (χ0n) is 17.4. The van der Waals surface area contributed by atoms with Gasteiger partial charge in [0.2, 0.25) is 0 Å². The molecule has 5 heteroatoms. The van der Waals surface area contributed by atoms with Gasteiger partial charge >= 0.3 is 6.61 Å². The van der Waals surface area contributed by atoms with E-state index in [1.165, 1.54) is 70.3 Å². The van der Waals surface area contributed by atoms with Crippen LogP contribution < -0.4 is 4.74 Å². The minimum atomic E-state index is -3.05. The lowest BCUT2D eigenvalue weighted by Crippen LogP contribution is -2.26. The van der Waals surface area contributed by atoms with E-state index < -0.39 is 12.4 Å². The molecule has 2 aliphatic carbocycles. The first kappa shape index (κ1) is 22.8. The molecule has 0 spiro atoms. The van der Waals surface area contributed by atoms with Crippen molar-refractivity contribution in [2.24, 2.45) is 23.7 Å². The molecule has 0 unspecified atom stereocenters. The van der Waals surface area contributed by atoms with Crippen LogP contribution in [0.15, 0.2) is 12.1 Å². The molecular formula is C24H34ClF3O. The Labute approximate surface area is 178 Å². The quantitative estimate of drug-likeness (QED) is 0.402. The smallest absolute Gasteiger partial charge is 0.387 e. The van der Waals surface area contributed by atoms with Crippen molar-refractivity contribution in [1.82, 2.24) is 0 Å². The molecule has 0 bridgehead atoms. The molecule has 1 aromatic carbocycles. The van der Waals surface area contributed by atoms with E-state index >= 15 is 0 Å². The molecule has 0 radical (unpaired) electrons. The molecule has 2 aliphatic rings. The van der Waals surface area contributed by atoms with Crippen molar-refractivity contribution >= 4 is 11.6 Å². The van der Waals surface area contributed by atoms with Gasteiger partial charge in [0, 0.05) is 0 Å². The van der Waals surface area contributed by atoms with Crippen LogP contribution in [0.25, 0.3) is 0 Å². The third-order valence-electron chi connectivity index (χ3n) is 7.31. The SMILES string of the molecule is CCCC1CCC(C2CCC(CCc3ccc(Cl)c(F)c3OC(F)F)CC2)CC1. The fraction of sp³-hybridized carbons (Fsp3) is 0.750. The molecule has 3 rings (SSSR count). The summed E-state index contributed by atoms with van der Waals surface area (Å²) in [4.78, 5) is 0. The number of benzene rings is 1. The number of halogens is 4. The molecule has 0 amide bonds. The number of rotatable bonds is 8. The predicted molar refractivity (Wildman–Crippen MR) is 112 cm³/mol. The zero-order valence-corrected chi connectivity index (χ0v) is 18.2. The lowest BCUT2D eigenvalue weighted by molar-refractivity contribution is -0.0528. The summed E-state index contributed by atoms with van der Waals surface area (Å²) < 4.78 is 43.9. The highest BCUT2D eigenvalue weighted by atomic mass is 35.5. The van der Waals surface area contributed by atoms with Crippen LogP contribution in [0.4, 0.5) is 13.2 Å². The van der Waals surface area contributed by atoms with Gasteiger partial charge in [0.25, 0.3) is 0 Å². The van der Waals surface area contributed by atoms with Crippen LogP contribution in [-0.2, 0) is 6.42 Å². The molecule has 0 aromatic heterocycles. The van der Waals surface area contributed by atoms with Crippen molar-refractivity contribution < 1.29 is 17.9 Å². The second kappa shape index (κ2) is 10.9. The monoisotopic (exact) mass is 430 g/mol. The Kier molecular flexibility index (Phi) is 8.58. The Hall–Kier alpha value is -0.900. The molecule has 1 aromatic rings. The Balaban J connectivity index is 1.47. The number of alkyl halides is 2. The molecule has 0 aliphatic heterocycles. The largest absolute Gasteiger partial charge is 0.431 e. The van der Waals surface area contributed by atoms with E-state index in [2.05, 4.69) is 11.7 Å². The summed E-state index contributed by atoms with van der Waals surface area (Å²) in [6, 6.07) is 3.04. The molecule has 2 saturated carbocycles. The van der Waals surface area contributed by atoms with Gasteiger partial charge in [0.1, 0.15) is 0 Å². The minimum absolute atomic E-state index is 0.182. The average molecular weight is 431 g/mol. The van der Waals surface area contributed by atoms with Crippen molar-refractivity contribution in [2.75, 3.05) is 0 Å². The molecule has 164 valence electrons. The fourth-order valence-corrected chi connectivity index (χ4v) is 5.80.